The lowest BCUT2D eigenvalue weighted by atomic mass is 9.97. The summed E-state index contributed by atoms with van der Waals surface area (Å²) in [6, 6.07) is 10.6. The van der Waals surface area contributed by atoms with Crippen LogP contribution in [0.2, 0.25) is 0 Å². The highest BCUT2D eigenvalue weighted by molar-refractivity contribution is 9.11. The molecule has 2 aromatic rings. The van der Waals surface area contributed by atoms with Crippen molar-refractivity contribution in [3.05, 3.63) is 55.1 Å². The summed E-state index contributed by atoms with van der Waals surface area (Å²) in [4.78, 5) is 1.44. The normalized spacial score (nSPS) is 12.6. The zero-order chi connectivity index (χ0) is 13.0. The molecule has 0 aliphatic carbocycles. The van der Waals surface area contributed by atoms with E-state index in [0.717, 1.165) is 18.2 Å². The van der Waals surface area contributed by atoms with Crippen LogP contribution in [0, 0.1) is 5.92 Å². The van der Waals surface area contributed by atoms with Crippen molar-refractivity contribution in [1.29, 1.82) is 0 Å². The van der Waals surface area contributed by atoms with Gasteiger partial charge in [0.15, 0.2) is 0 Å². The average Bonchev–Trinajstić information content (AvgIpc) is 2.77. The zero-order valence-corrected chi connectivity index (χ0v) is 15.3. The van der Waals surface area contributed by atoms with E-state index in [1.165, 1.54) is 19.4 Å². The van der Waals surface area contributed by atoms with Crippen molar-refractivity contribution >= 4 is 59.1 Å². The van der Waals surface area contributed by atoms with E-state index < -0.39 is 0 Å². The number of benzene rings is 1. The van der Waals surface area contributed by atoms with Gasteiger partial charge in [-0.15, -0.1) is 11.3 Å². The third-order valence-electron chi connectivity index (χ3n) is 2.85. The van der Waals surface area contributed by atoms with Crippen molar-refractivity contribution in [2.45, 2.75) is 12.8 Å². The molecule has 0 saturated heterocycles. The predicted molar refractivity (Wildman–Crippen MR) is 90.9 cm³/mol. The van der Waals surface area contributed by atoms with Gasteiger partial charge in [-0.25, -0.2) is 0 Å². The Kier molecular flexibility index (Phi) is 5.93. The molecule has 96 valence electrons. The van der Waals surface area contributed by atoms with Crippen molar-refractivity contribution in [3.8, 4) is 0 Å². The molecule has 0 aliphatic heterocycles. The maximum absolute atomic E-state index is 3.64. The predicted octanol–water partition coefficient (Wildman–Crippen LogP) is 6.07. The molecule has 0 aliphatic rings. The minimum absolute atomic E-state index is 0.624. The molecule has 4 heteroatoms. The third-order valence-corrected chi connectivity index (χ3v) is 6.49. The Morgan fingerprint density at radius 2 is 1.78 bits per heavy atom. The van der Waals surface area contributed by atoms with Crippen LogP contribution in [0.1, 0.15) is 10.4 Å². The van der Waals surface area contributed by atoms with Gasteiger partial charge in [0.05, 0.1) is 0 Å². The van der Waals surface area contributed by atoms with Crippen LogP contribution in [-0.2, 0) is 12.8 Å². The highest BCUT2D eigenvalue weighted by Gasteiger charge is 2.13. The summed E-state index contributed by atoms with van der Waals surface area (Å²) in [6.07, 6.45) is 2.21. The minimum atomic E-state index is 0.624. The minimum Gasteiger partial charge on any atom is -0.148 e. The second-order valence-corrected chi connectivity index (χ2v) is 7.57. The number of hydrogen-bond acceptors (Lipinski definition) is 1. The van der Waals surface area contributed by atoms with Gasteiger partial charge in [0, 0.05) is 19.2 Å². The lowest BCUT2D eigenvalue weighted by molar-refractivity contribution is 0.594. The van der Waals surface area contributed by atoms with Gasteiger partial charge in [0.2, 0.25) is 0 Å². The molecule has 0 radical (unpaired) electrons. The summed E-state index contributed by atoms with van der Waals surface area (Å²) < 4.78 is 2.45. The fourth-order valence-corrected chi connectivity index (χ4v) is 4.42. The van der Waals surface area contributed by atoms with Crippen molar-refractivity contribution in [3.63, 3.8) is 0 Å². The standard InChI is InChI=1S/C14H13Br3S/c15-9-10(8-14-13(17)5-6-18-14)7-11-3-1-2-4-12(11)16/h1-6,10H,7-9H2. The lowest BCUT2D eigenvalue weighted by Gasteiger charge is -2.14. The van der Waals surface area contributed by atoms with Crippen molar-refractivity contribution in [2.75, 3.05) is 5.33 Å². The monoisotopic (exact) mass is 450 g/mol. The highest BCUT2D eigenvalue weighted by Crippen LogP contribution is 2.28. The SMILES string of the molecule is BrCC(Cc1ccccc1Br)Cc1sccc1Br. The van der Waals surface area contributed by atoms with Gasteiger partial charge >= 0.3 is 0 Å². The molecule has 1 unspecified atom stereocenters. The molecule has 0 amide bonds. The molecule has 0 bridgehead atoms. The molecular weight excluding hydrogens is 440 g/mol. The second-order valence-electron chi connectivity index (χ2n) is 4.21. The molecule has 1 aromatic heterocycles. The molecule has 0 fully saturated rings. The Morgan fingerprint density at radius 1 is 1.00 bits per heavy atom. The molecule has 2 rings (SSSR count). The summed E-state index contributed by atoms with van der Waals surface area (Å²) in [7, 11) is 0. The summed E-state index contributed by atoms with van der Waals surface area (Å²) >= 11 is 12.7. The summed E-state index contributed by atoms with van der Waals surface area (Å²) in [5, 5.41) is 3.17. The highest BCUT2D eigenvalue weighted by atomic mass is 79.9. The molecular formula is C14H13Br3S. The van der Waals surface area contributed by atoms with E-state index >= 15 is 0 Å². The largest absolute Gasteiger partial charge is 0.148 e. The van der Waals surface area contributed by atoms with E-state index in [1.54, 1.807) is 0 Å². The van der Waals surface area contributed by atoms with E-state index in [4.69, 9.17) is 0 Å². The van der Waals surface area contributed by atoms with Crippen LogP contribution in [-0.4, -0.2) is 5.33 Å². The molecule has 1 atom stereocenters. The molecule has 1 aromatic carbocycles. The number of thiophene rings is 1. The molecule has 0 saturated carbocycles. The zero-order valence-electron chi connectivity index (χ0n) is 9.70. The topological polar surface area (TPSA) is 0 Å². The third kappa shape index (κ3) is 3.92. The number of alkyl halides is 1. The smallest absolute Gasteiger partial charge is 0.0314 e. The number of halogens is 3. The fourth-order valence-electron chi connectivity index (χ4n) is 1.89. The first-order chi connectivity index (χ1) is 8.70. The van der Waals surface area contributed by atoms with E-state index in [-0.39, 0.29) is 0 Å². The Labute approximate surface area is 137 Å². The number of rotatable bonds is 5. The molecule has 0 N–H and O–H groups in total. The average molecular weight is 453 g/mol. The van der Waals surface area contributed by atoms with Gasteiger partial charge in [-0.1, -0.05) is 50.1 Å². The first kappa shape index (κ1) is 14.8. The van der Waals surface area contributed by atoms with Crippen LogP contribution in [0.4, 0.5) is 0 Å². The number of hydrogen-bond donors (Lipinski definition) is 0. The quantitative estimate of drug-likeness (QED) is 0.483. The van der Waals surface area contributed by atoms with Gasteiger partial charge in [-0.3, -0.25) is 0 Å². The maximum Gasteiger partial charge on any atom is 0.0314 e. The molecule has 0 nitrogen and oxygen atoms in total. The Balaban J connectivity index is 2.06. The fraction of sp³-hybridized carbons (Fsp3) is 0.286. The summed E-state index contributed by atoms with van der Waals surface area (Å²) in [6.45, 7) is 0. The van der Waals surface area contributed by atoms with Gasteiger partial charge in [0.25, 0.3) is 0 Å². The van der Waals surface area contributed by atoms with Crippen LogP contribution >= 0.6 is 59.1 Å². The first-order valence-corrected chi connectivity index (χ1v) is 9.30. The Morgan fingerprint density at radius 3 is 2.39 bits per heavy atom. The Bertz CT molecular complexity index is 507. The molecule has 1 heterocycles. The second kappa shape index (κ2) is 7.22. The summed E-state index contributed by atoms with van der Waals surface area (Å²) in [5.74, 6) is 0.624. The van der Waals surface area contributed by atoms with Gasteiger partial charge in [0.1, 0.15) is 0 Å². The first-order valence-electron chi connectivity index (χ1n) is 5.72. The molecule has 0 spiro atoms. The van der Waals surface area contributed by atoms with Gasteiger partial charge < -0.3 is 0 Å². The van der Waals surface area contributed by atoms with Crippen LogP contribution in [0.3, 0.4) is 0 Å². The van der Waals surface area contributed by atoms with Crippen molar-refractivity contribution in [2.24, 2.45) is 5.92 Å². The van der Waals surface area contributed by atoms with Crippen LogP contribution in [0.25, 0.3) is 0 Å². The van der Waals surface area contributed by atoms with Crippen LogP contribution in [0.15, 0.2) is 44.7 Å². The van der Waals surface area contributed by atoms with Gasteiger partial charge in [-0.2, -0.15) is 0 Å². The van der Waals surface area contributed by atoms with Crippen molar-refractivity contribution < 1.29 is 0 Å². The van der Waals surface area contributed by atoms with E-state index in [9.17, 15) is 0 Å². The van der Waals surface area contributed by atoms with Gasteiger partial charge in [-0.05, 0) is 57.8 Å². The van der Waals surface area contributed by atoms with E-state index in [2.05, 4.69) is 83.5 Å². The van der Waals surface area contributed by atoms with E-state index in [1.807, 2.05) is 11.3 Å². The lowest BCUT2D eigenvalue weighted by Crippen LogP contribution is -2.09. The van der Waals surface area contributed by atoms with Crippen LogP contribution in [0.5, 0.6) is 0 Å². The summed E-state index contributed by atoms with van der Waals surface area (Å²) in [5.41, 5.74) is 1.38. The maximum atomic E-state index is 3.64. The Hall–Kier alpha value is 0.360. The van der Waals surface area contributed by atoms with Crippen molar-refractivity contribution in [1.82, 2.24) is 0 Å². The van der Waals surface area contributed by atoms with Crippen LogP contribution < -0.4 is 0 Å². The van der Waals surface area contributed by atoms with E-state index in [0.29, 0.717) is 5.92 Å². The molecule has 18 heavy (non-hydrogen) atoms.